The number of carbonyl (C=O) groups excluding carboxylic acids is 1. The molecule has 2 atom stereocenters. The average molecular weight is 308 g/mol. The highest BCUT2D eigenvalue weighted by Gasteiger charge is 2.16. The van der Waals surface area contributed by atoms with Gasteiger partial charge in [-0.25, -0.2) is 4.79 Å². The van der Waals surface area contributed by atoms with Crippen LogP contribution in [-0.4, -0.2) is 33.9 Å². The fourth-order valence-electron chi connectivity index (χ4n) is 2.10. The van der Waals surface area contributed by atoms with Crippen molar-refractivity contribution in [1.29, 1.82) is 0 Å². The van der Waals surface area contributed by atoms with Gasteiger partial charge in [-0.1, -0.05) is 6.07 Å². The summed E-state index contributed by atoms with van der Waals surface area (Å²) in [6.07, 6.45) is 2.64. The Kier molecular flexibility index (Phi) is 5.08. The van der Waals surface area contributed by atoms with Gasteiger partial charge < -0.3 is 21.0 Å². The molecule has 1 aromatic carbocycles. The van der Waals surface area contributed by atoms with Crippen molar-refractivity contribution in [2.45, 2.75) is 25.4 Å². The second-order valence-electron chi connectivity index (χ2n) is 5.00. The normalized spacial score (nSPS) is 14.0. The minimum Gasteiger partial charge on any atom is -0.348 e. The van der Waals surface area contributed by atoms with E-state index < -0.39 is 6.04 Å². The second-order valence-corrected chi connectivity index (χ2v) is 5.99. The summed E-state index contributed by atoms with van der Waals surface area (Å²) in [5, 5.41) is 2.90. The molecule has 114 valence electrons. The number of imidazole rings is 1. The minimum atomic E-state index is -0.490. The number of fused-ring (bicyclic) bond motifs is 1. The maximum atomic E-state index is 12.0. The minimum absolute atomic E-state index is 0.154. The first kappa shape index (κ1) is 15.7. The van der Waals surface area contributed by atoms with E-state index in [4.69, 9.17) is 5.73 Å². The number of hydrogen-bond acceptors (Lipinski definition) is 4. The van der Waals surface area contributed by atoms with Crippen LogP contribution in [0.1, 0.15) is 24.9 Å². The van der Waals surface area contributed by atoms with Crippen molar-refractivity contribution >= 4 is 28.7 Å². The molecule has 0 aliphatic rings. The Morgan fingerprint density at radius 2 is 2.10 bits per heavy atom. The fourth-order valence-corrected chi connectivity index (χ4v) is 2.59. The van der Waals surface area contributed by atoms with Gasteiger partial charge in [-0.05, 0) is 43.0 Å². The number of aromatic nitrogens is 2. The van der Waals surface area contributed by atoms with Crippen LogP contribution in [0.3, 0.4) is 0 Å². The number of rotatable bonds is 6. The lowest BCUT2D eigenvalue weighted by molar-refractivity contribution is -0.123. The Hall–Kier alpha value is -1.73. The summed E-state index contributed by atoms with van der Waals surface area (Å²) in [5.41, 5.74) is 8.00. The van der Waals surface area contributed by atoms with E-state index in [1.165, 1.54) is 0 Å². The van der Waals surface area contributed by atoms with E-state index in [-0.39, 0.29) is 17.6 Å². The Morgan fingerprint density at radius 3 is 2.81 bits per heavy atom. The van der Waals surface area contributed by atoms with Crippen molar-refractivity contribution in [2.75, 3.05) is 12.0 Å². The van der Waals surface area contributed by atoms with E-state index in [9.17, 15) is 9.59 Å². The Morgan fingerprint density at radius 1 is 1.38 bits per heavy atom. The highest BCUT2D eigenvalue weighted by Crippen LogP contribution is 2.17. The number of nitrogens with two attached hydrogens (primary N) is 1. The molecule has 1 heterocycles. The molecule has 0 saturated heterocycles. The Bertz CT molecular complexity index is 679. The lowest BCUT2D eigenvalue weighted by Crippen LogP contribution is -2.41. The SMILES string of the molecule is CSCC[C@H](N)C(=O)NC(C)c1ccc2[nH]c(=O)[nH]c2c1. The van der Waals surface area contributed by atoms with Crippen LogP contribution in [-0.2, 0) is 4.79 Å². The lowest BCUT2D eigenvalue weighted by atomic mass is 10.1. The standard InChI is InChI=1S/C14H20N4O2S/c1-8(16-13(19)10(15)5-6-21-2)9-3-4-11-12(7-9)18-14(20)17-11/h3-4,7-8,10H,5-6,15H2,1-2H3,(H,16,19)(H2,17,18,20)/t8?,10-/m0/s1. The van der Waals surface area contributed by atoms with Crippen LogP contribution in [0.4, 0.5) is 0 Å². The predicted molar refractivity (Wildman–Crippen MR) is 86.5 cm³/mol. The summed E-state index contributed by atoms with van der Waals surface area (Å²) in [6, 6.07) is 4.89. The molecule has 1 aromatic heterocycles. The van der Waals surface area contributed by atoms with Crippen molar-refractivity contribution in [3.05, 3.63) is 34.2 Å². The lowest BCUT2D eigenvalue weighted by Gasteiger charge is -2.17. The van der Waals surface area contributed by atoms with Crippen molar-refractivity contribution in [3.8, 4) is 0 Å². The molecule has 0 aliphatic carbocycles. The Labute approximate surface area is 126 Å². The van der Waals surface area contributed by atoms with Crippen LogP contribution in [0.2, 0.25) is 0 Å². The van der Waals surface area contributed by atoms with Crippen LogP contribution in [0.5, 0.6) is 0 Å². The molecule has 7 heteroatoms. The summed E-state index contributed by atoms with van der Waals surface area (Å²) in [7, 11) is 0. The third-order valence-corrected chi connectivity index (χ3v) is 4.01. The number of amides is 1. The molecule has 2 rings (SSSR count). The molecule has 2 aromatic rings. The highest BCUT2D eigenvalue weighted by atomic mass is 32.2. The van der Waals surface area contributed by atoms with Gasteiger partial charge in [0.15, 0.2) is 0 Å². The van der Waals surface area contributed by atoms with E-state index in [1.54, 1.807) is 11.8 Å². The van der Waals surface area contributed by atoms with Gasteiger partial charge in [0.05, 0.1) is 23.1 Å². The second kappa shape index (κ2) is 6.82. The maximum Gasteiger partial charge on any atom is 0.323 e. The molecule has 1 amide bonds. The monoisotopic (exact) mass is 308 g/mol. The number of carbonyl (C=O) groups is 1. The number of nitrogens with one attached hydrogen (secondary N) is 3. The van der Waals surface area contributed by atoms with Crippen molar-refractivity contribution < 1.29 is 4.79 Å². The van der Waals surface area contributed by atoms with Gasteiger partial charge in [-0.2, -0.15) is 11.8 Å². The van der Waals surface area contributed by atoms with Gasteiger partial charge in [0.25, 0.3) is 0 Å². The fraction of sp³-hybridized carbons (Fsp3) is 0.429. The molecular formula is C14H20N4O2S. The van der Waals surface area contributed by atoms with E-state index in [2.05, 4.69) is 15.3 Å². The molecule has 6 nitrogen and oxygen atoms in total. The van der Waals surface area contributed by atoms with Crippen molar-refractivity contribution in [2.24, 2.45) is 5.73 Å². The first-order valence-electron chi connectivity index (χ1n) is 6.78. The van der Waals surface area contributed by atoms with Gasteiger partial charge >= 0.3 is 5.69 Å². The molecule has 0 spiro atoms. The summed E-state index contributed by atoms with van der Waals surface area (Å²) in [4.78, 5) is 28.6. The van der Waals surface area contributed by atoms with Gasteiger partial charge in [-0.15, -0.1) is 0 Å². The molecule has 21 heavy (non-hydrogen) atoms. The first-order chi connectivity index (χ1) is 10.0. The summed E-state index contributed by atoms with van der Waals surface area (Å²) >= 11 is 1.67. The molecule has 1 unspecified atom stereocenters. The summed E-state index contributed by atoms with van der Waals surface area (Å²) in [5.74, 6) is 0.707. The van der Waals surface area contributed by atoms with Crippen molar-refractivity contribution in [1.82, 2.24) is 15.3 Å². The Balaban J connectivity index is 2.05. The maximum absolute atomic E-state index is 12.0. The zero-order valence-corrected chi connectivity index (χ0v) is 12.9. The van der Waals surface area contributed by atoms with Crippen LogP contribution in [0.25, 0.3) is 11.0 Å². The van der Waals surface area contributed by atoms with E-state index in [1.807, 2.05) is 31.4 Å². The average Bonchev–Trinajstić information content (AvgIpc) is 2.83. The van der Waals surface area contributed by atoms with Gasteiger partial charge in [0.1, 0.15) is 0 Å². The van der Waals surface area contributed by atoms with Gasteiger partial charge in [0, 0.05) is 0 Å². The summed E-state index contributed by atoms with van der Waals surface area (Å²) < 4.78 is 0. The topological polar surface area (TPSA) is 104 Å². The number of H-pyrrole nitrogens is 2. The number of hydrogen-bond donors (Lipinski definition) is 4. The molecule has 0 bridgehead atoms. The highest BCUT2D eigenvalue weighted by molar-refractivity contribution is 7.98. The molecule has 5 N–H and O–H groups in total. The van der Waals surface area contributed by atoms with Gasteiger partial charge in [0.2, 0.25) is 5.91 Å². The largest absolute Gasteiger partial charge is 0.348 e. The zero-order valence-electron chi connectivity index (χ0n) is 12.1. The first-order valence-corrected chi connectivity index (χ1v) is 8.17. The van der Waals surface area contributed by atoms with Gasteiger partial charge in [-0.3, -0.25) is 4.79 Å². The summed E-state index contributed by atoms with van der Waals surface area (Å²) in [6.45, 7) is 1.89. The quantitative estimate of drug-likeness (QED) is 0.642. The third-order valence-electron chi connectivity index (χ3n) is 3.37. The van der Waals surface area contributed by atoms with Crippen LogP contribution < -0.4 is 16.7 Å². The molecule has 0 radical (unpaired) electrons. The van der Waals surface area contributed by atoms with E-state index in [0.29, 0.717) is 6.42 Å². The van der Waals surface area contributed by atoms with E-state index >= 15 is 0 Å². The molecular weight excluding hydrogens is 288 g/mol. The smallest absolute Gasteiger partial charge is 0.323 e. The number of aromatic amines is 2. The molecule has 0 saturated carbocycles. The predicted octanol–water partition coefficient (Wildman–Crippen LogP) is 1.11. The number of benzene rings is 1. The van der Waals surface area contributed by atoms with Crippen LogP contribution >= 0.6 is 11.8 Å². The number of thioether (sulfide) groups is 1. The van der Waals surface area contributed by atoms with E-state index in [0.717, 1.165) is 22.3 Å². The van der Waals surface area contributed by atoms with Crippen LogP contribution in [0, 0.1) is 0 Å². The molecule has 0 aliphatic heterocycles. The molecule has 0 fully saturated rings. The van der Waals surface area contributed by atoms with Crippen LogP contribution in [0.15, 0.2) is 23.0 Å². The zero-order chi connectivity index (χ0) is 15.4. The third kappa shape index (κ3) is 3.89. The van der Waals surface area contributed by atoms with Crippen molar-refractivity contribution in [3.63, 3.8) is 0 Å².